The number of carbonyl (C=O) groups excluding carboxylic acids is 1. The number of hydrogen-bond acceptors (Lipinski definition) is 4. The Morgan fingerprint density at radius 2 is 2.04 bits per heavy atom. The second-order valence-electron chi connectivity index (χ2n) is 6.85. The highest BCUT2D eigenvalue weighted by atomic mass is 32.1. The number of benzene rings is 1. The van der Waals surface area contributed by atoms with Crippen molar-refractivity contribution < 1.29 is 4.79 Å². The highest BCUT2D eigenvalue weighted by Crippen LogP contribution is 2.33. The zero-order valence-electron chi connectivity index (χ0n) is 14.7. The van der Waals surface area contributed by atoms with Gasteiger partial charge in [0, 0.05) is 23.9 Å². The van der Waals surface area contributed by atoms with Crippen LogP contribution < -0.4 is 11.3 Å². The van der Waals surface area contributed by atoms with Crippen molar-refractivity contribution in [2.75, 3.05) is 0 Å². The van der Waals surface area contributed by atoms with E-state index in [1.165, 1.54) is 35.3 Å². The van der Waals surface area contributed by atoms with Crippen molar-refractivity contribution in [2.45, 2.75) is 45.6 Å². The van der Waals surface area contributed by atoms with E-state index in [1.807, 2.05) is 5.38 Å². The number of hydrogen-bond donors (Lipinski definition) is 1. The molecule has 5 nitrogen and oxygen atoms in total. The van der Waals surface area contributed by atoms with Gasteiger partial charge in [0.05, 0.1) is 5.39 Å². The highest BCUT2D eigenvalue weighted by Gasteiger charge is 2.17. The second-order valence-corrected chi connectivity index (χ2v) is 7.71. The third-order valence-corrected chi connectivity index (χ3v) is 6.00. The standard InChI is InChI=1S/C20H21N3O2S/c1-12-22-19-18(20(25)23(12)9-8-17(21)24)16(11-26-19)15-7-6-13-4-2-3-5-14(13)10-15/h6-7,10-11H,2-5,8-9H2,1H3,(H2,21,24). The van der Waals surface area contributed by atoms with Gasteiger partial charge in [-0.2, -0.15) is 0 Å². The van der Waals surface area contributed by atoms with Crippen LogP contribution in [0.4, 0.5) is 0 Å². The lowest BCUT2D eigenvalue weighted by Gasteiger charge is -2.16. The number of aromatic nitrogens is 2. The number of fused-ring (bicyclic) bond motifs is 2. The summed E-state index contributed by atoms with van der Waals surface area (Å²) in [5.41, 5.74) is 9.97. The predicted molar refractivity (Wildman–Crippen MR) is 105 cm³/mol. The first-order valence-corrected chi connectivity index (χ1v) is 9.81. The van der Waals surface area contributed by atoms with Crippen LogP contribution >= 0.6 is 11.3 Å². The van der Waals surface area contributed by atoms with E-state index >= 15 is 0 Å². The molecule has 26 heavy (non-hydrogen) atoms. The van der Waals surface area contributed by atoms with Gasteiger partial charge >= 0.3 is 0 Å². The van der Waals surface area contributed by atoms with Gasteiger partial charge in [0.2, 0.25) is 5.91 Å². The van der Waals surface area contributed by atoms with Crippen LogP contribution in [0.5, 0.6) is 0 Å². The first kappa shape index (κ1) is 17.0. The van der Waals surface area contributed by atoms with Crippen molar-refractivity contribution in [1.29, 1.82) is 0 Å². The van der Waals surface area contributed by atoms with E-state index < -0.39 is 5.91 Å². The van der Waals surface area contributed by atoms with Gasteiger partial charge in [-0.25, -0.2) is 4.98 Å². The molecule has 1 aliphatic carbocycles. The van der Waals surface area contributed by atoms with Gasteiger partial charge in [-0.15, -0.1) is 11.3 Å². The lowest BCUT2D eigenvalue weighted by molar-refractivity contribution is -0.118. The Labute approximate surface area is 155 Å². The Morgan fingerprint density at radius 1 is 1.27 bits per heavy atom. The molecule has 6 heteroatoms. The minimum absolute atomic E-state index is 0.0947. The first-order valence-electron chi connectivity index (χ1n) is 8.93. The fourth-order valence-corrected chi connectivity index (χ4v) is 4.71. The van der Waals surface area contributed by atoms with Crippen LogP contribution in [0.15, 0.2) is 28.4 Å². The Balaban J connectivity index is 1.85. The molecule has 0 aliphatic heterocycles. The topological polar surface area (TPSA) is 78.0 Å². The van der Waals surface area contributed by atoms with Gasteiger partial charge in [-0.3, -0.25) is 14.2 Å². The normalized spacial score (nSPS) is 13.7. The summed E-state index contributed by atoms with van der Waals surface area (Å²) in [5, 5.41) is 2.66. The van der Waals surface area contributed by atoms with Crippen molar-refractivity contribution in [2.24, 2.45) is 5.73 Å². The quantitative estimate of drug-likeness (QED) is 0.769. The van der Waals surface area contributed by atoms with Crippen molar-refractivity contribution in [3.05, 3.63) is 50.9 Å². The van der Waals surface area contributed by atoms with Crippen molar-refractivity contribution in [1.82, 2.24) is 9.55 Å². The van der Waals surface area contributed by atoms with Crippen molar-refractivity contribution in [3.63, 3.8) is 0 Å². The average molecular weight is 367 g/mol. The second kappa shape index (κ2) is 6.68. The number of rotatable bonds is 4. The fraction of sp³-hybridized carbons (Fsp3) is 0.350. The molecule has 0 bridgehead atoms. The number of thiophene rings is 1. The molecule has 0 fully saturated rings. The summed E-state index contributed by atoms with van der Waals surface area (Å²) >= 11 is 1.49. The van der Waals surface area contributed by atoms with Crippen molar-refractivity contribution in [3.8, 4) is 11.1 Å². The van der Waals surface area contributed by atoms with E-state index in [1.54, 1.807) is 11.5 Å². The molecule has 0 saturated carbocycles. The SMILES string of the molecule is Cc1nc2scc(-c3ccc4c(c3)CCCC4)c2c(=O)n1CCC(N)=O. The summed E-state index contributed by atoms with van der Waals surface area (Å²) in [5.74, 6) is 0.194. The Hall–Kier alpha value is -2.47. The van der Waals surface area contributed by atoms with Crippen LogP contribution in [-0.2, 0) is 24.2 Å². The molecule has 1 aliphatic rings. The number of aryl methyl sites for hydroxylation is 3. The van der Waals surface area contributed by atoms with E-state index in [0.29, 0.717) is 11.2 Å². The molecule has 4 rings (SSSR count). The Kier molecular flexibility index (Phi) is 4.36. The zero-order chi connectivity index (χ0) is 18.3. The molecule has 2 N–H and O–H groups in total. The van der Waals surface area contributed by atoms with Gasteiger partial charge in [-0.1, -0.05) is 18.2 Å². The van der Waals surface area contributed by atoms with Crippen LogP contribution in [-0.4, -0.2) is 15.5 Å². The maximum atomic E-state index is 13.1. The molecule has 0 saturated heterocycles. The molecular formula is C20H21N3O2S. The zero-order valence-corrected chi connectivity index (χ0v) is 15.6. The predicted octanol–water partition coefficient (Wildman–Crippen LogP) is 3.19. The maximum absolute atomic E-state index is 13.1. The summed E-state index contributed by atoms with van der Waals surface area (Å²) < 4.78 is 1.56. The summed E-state index contributed by atoms with van der Waals surface area (Å²) in [4.78, 5) is 29.5. The van der Waals surface area contributed by atoms with E-state index in [9.17, 15) is 9.59 Å². The van der Waals surface area contributed by atoms with Crippen molar-refractivity contribution >= 4 is 27.5 Å². The summed E-state index contributed by atoms with van der Waals surface area (Å²) in [6.07, 6.45) is 4.85. The summed E-state index contributed by atoms with van der Waals surface area (Å²) in [7, 11) is 0. The molecule has 0 radical (unpaired) electrons. The van der Waals surface area contributed by atoms with Crippen LogP contribution in [0.1, 0.15) is 36.2 Å². The summed E-state index contributed by atoms with van der Waals surface area (Å²) in [6, 6.07) is 6.53. The lowest BCUT2D eigenvalue weighted by Crippen LogP contribution is -2.26. The maximum Gasteiger partial charge on any atom is 0.262 e. The number of primary amides is 1. The number of carbonyl (C=O) groups is 1. The summed E-state index contributed by atoms with van der Waals surface area (Å²) in [6.45, 7) is 2.06. The van der Waals surface area contributed by atoms with Gasteiger partial charge < -0.3 is 5.73 Å². The largest absolute Gasteiger partial charge is 0.370 e. The molecular weight excluding hydrogens is 346 g/mol. The lowest BCUT2D eigenvalue weighted by atomic mass is 9.89. The van der Waals surface area contributed by atoms with Gasteiger partial charge in [-0.05, 0) is 49.3 Å². The molecule has 134 valence electrons. The van der Waals surface area contributed by atoms with Crippen LogP contribution in [0.25, 0.3) is 21.3 Å². The molecule has 0 spiro atoms. The fourth-order valence-electron chi connectivity index (χ4n) is 3.72. The molecule has 0 atom stereocenters. The van der Waals surface area contributed by atoms with E-state index in [4.69, 9.17) is 5.73 Å². The number of nitrogens with zero attached hydrogens (tertiary/aromatic N) is 2. The third kappa shape index (κ3) is 2.94. The van der Waals surface area contributed by atoms with Crippen LogP contribution in [0.2, 0.25) is 0 Å². The van der Waals surface area contributed by atoms with Crippen LogP contribution in [0.3, 0.4) is 0 Å². The average Bonchev–Trinajstić information content (AvgIpc) is 3.04. The number of amides is 1. The highest BCUT2D eigenvalue weighted by molar-refractivity contribution is 7.17. The van der Waals surface area contributed by atoms with Gasteiger partial charge in [0.25, 0.3) is 5.56 Å². The monoisotopic (exact) mass is 367 g/mol. The Bertz CT molecular complexity index is 1060. The number of nitrogens with two attached hydrogens (primary N) is 1. The first-order chi connectivity index (χ1) is 12.5. The Morgan fingerprint density at radius 3 is 2.81 bits per heavy atom. The smallest absolute Gasteiger partial charge is 0.262 e. The van der Waals surface area contributed by atoms with E-state index in [-0.39, 0.29) is 18.5 Å². The molecule has 1 aromatic carbocycles. The molecule has 2 aromatic heterocycles. The van der Waals surface area contributed by atoms with Gasteiger partial charge in [0.1, 0.15) is 10.7 Å². The molecule has 2 heterocycles. The molecule has 3 aromatic rings. The minimum Gasteiger partial charge on any atom is -0.370 e. The molecule has 0 unspecified atom stereocenters. The molecule has 1 amide bonds. The van der Waals surface area contributed by atoms with E-state index in [2.05, 4.69) is 23.2 Å². The van der Waals surface area contributed by atoms with Gasteiger partial charge in [0.15, 0.2) is 0 Å². The van der Waals surface area contributed by atoms with E-state index in [0.717, 1.165) is 28.8 Å². The minimum atomic E-state index is -0.420. The third-order valence-electron chi connectivity index (χ3n) is 5.13. The van der Waals surface area contributed by atoms with Crippen LogP contribution in [0, 0.1) is 6.92 Å².